The zero-order valence-corrected chi connectivity index (χ0v) is 15.1. The van der Waals surface area contributed by atoms with E-state index in [1.54, 1.807) is 0 Å². The molecule has 0 atom stereocenters. The van der Waals surface area contributed by atoms with Gasteiger partial charge in [0.15, 0.2) is 5.82 Å². The molecule has 3 heterocycles. The maximum atomic E-state index is 13.3. The second-order valence-corrected chi connectivity index (χ2v) is 7.20. The van der Waals surface area contributed by atoms with Crippen LogP contribution in [-0.4, -0.2) is 27.6 Å². The van der Waals surface area contributed by atoms with E-state index in [1.165, 1.54) is 31.4 Å². The highest BCUT2D eigenvalue weighted by Crippen LogP contribution is 2.32. The third-order valence-corrected chi connectivity index (χ3v) is 5.36. The second kappa shape index (κ2) is 6.65. The van der Waals surface area contributed by atoms with Gasteiger partial charge in [-0.25, -0.2) is 14.4 Å². The van der Waals surface area contributed by atoms with Crippen LogP contribution in [0.4, 0.5) is 10.2 Å². The lowest BCUT2D eigenvalue weighted by molar-refractivity contribution is 0.575. The summed E-state index contributed by atoms with van der Waals surface area (Å²) in [6, 6.07) is 14.9. The maximum Gasteiger partial charge on any atom is 0.157 e. The average Bonchev–Trinajstić information content (AvgIpc) is 3.14. The second-order valence-electron chi connectivity index (χ2n) is 7.20. The van der Waals surface area contributed by atoms with Gasteiger partial charge in [0.05, 0.1) is 17.4 Å². The van der Waals surface area contributed by atoms with Crippen molar-refractivity contribution in [3.05, 3.63) is 66.2 Å². The van der Waals surface area contributed by atoms with Crippen molar-refractivity contribution in [3.63, 3.8) is 0 Å². The minimum atomic E-state index is -0.212. The van der Waals surface area contributed by atoms with Gasteiger partial charge in [0.25, 0.3) is 0 Å². The molecule has 2 aromatic carbocycles. The first-order chi connectivity index (χ1) is 13.3. The van der Waals surface area contributed by atoms with Crippen molar-refractivity contribution in [2.24, 2.45) is 0 Å². The monoisotopic (exact) mass is 360 g/mol. The lowest BCUT2D eigenvalue weighted by Crippen LogP contribution is -2.30. The summed E-state index contributed by atoms with van der Waals surface area (Å²) >= 11 is 0. The topological polar surface area (TPSA) is 34.0 Å². The van der Waals surface area contributed by atoms with Crippen LogP contribution in [0, 0.1) is 5.82 Å². The third-order valence-electron chi connectivity index (χ3n) is 5.36. The Labute approximate surface area is 157 Å². The van der Waals surface area contributed by atoms with Crippen LogP contribution in [0.5, 0.6) is 0 Å². The van der Waals surface area contributed by atoms with E-state index in [-0.39, 0.29) is 5.82 Å². The molecule has 0 spiro atoms. The van der Waals surface area contributed by atoms with Crippen LogP contribution in [0.3, 0.4) is 0 Å². The number of benzene rings is 2. The number of para-hydroxylation sites is 1. The third kappa shape index (κ3) is 2.93. The minimum absolute atomic E-state index is 0.212. The molecule has 1 fully saturated rings. The molecule has 0 aliphatic carbocycles. The smallest absolute Gasteiger partial charge is 0.157 e. The Hall–Kier alpha value is -2.95. The molecule has 27 heavy (non-hydrogen) atoms. The van der Waals surface area contributed by atoms with Crippen LogP contribution in [0.1, 0.15) is 24.8 Å². The van der Waals surface area contributed by atoms with Crippen molar-refractivity contribution in [2.75, 3.05) is 18.0 Å². The first kappa shape index (κ1) is 16.2. The number of hydrogen-bond donors (Lipinski definition) is 0. The van der Waals surface area contributed by atoms with Gasteiger partial charge in [-0.3, -0.25) is 0 Å². The van der Waals surface area contributed by atoms with Gasteiger partial charge in [0.2, 0.25) is 0 Å². The van der Waals surface area contributed by atoms with Gasteiger partial charge in [0, 0.05) is 25.0 Å². The van der Waals surface area contributed by atoms with Gasteiger partial charge in [-0.1, -0.05) is 30.3 Å². The Balaban J connectivity index is 1.68. The molecule has 1 saturated heterocycles. The predicted octanol–water partition coefficient (Wildman–Crippen LogP) is 4.76. The van der Waals surface area contributed by atoms with Gasteiger partial charge in [0.1, 0.15) is 11.3 Å². The highest BCUT2D eigenvalue weighted by molar-refractivity contribution is 6.06. The highest BCUT2D eigenvalue weighted by Gasteiger charge is 2.20. The summed E-state index contributed by atoms with van der Waals surface area (Å²) in [5, 5.41) is 1.10. The number of fused-ring (bicyclic) bond motifs is 3. The molecule has 1 aliphatic heterocycles. The van der Waals surface area contributed by atoms with E-state index in [2.05, 4.69) is 21.6 Å². The van der Waals surface area contributed by atoms with Gasteiger partial charge >= 0.3 is 0 Å². The molecule has 0 amide bonds. The van der Waals surface area contributed by atoms with E-state index in [0.717, 1.165) is 46.4 Å². The molecular formula is C22H21FN4. The van der Waals surface area contributed by atoms with Crippen molar-refractivity contribution in [3.8, 4) is 0 Å². The summed E-state index contributed by atoms with van der Waals surface area (Å²) in [5.41, 5.74) is 4.10. The van der Waals surface area contributed by atoms with E-state index in [0.29, 0.717) is 6.54 Å². The molecular weight excluding hydrogens is 339 g/mol. The van der Waals surface area contributed by atoms with E-state index < -0.39 is 0 Å². The first-order valence-electron chi connectivity index (χ1n) is 9.52. The van der Waals surface area contributed by atoms with E-state index >= 15 is 0 Å². The van der Waals surface area contributed by atoms with Crippen LogP contribution < -0.4 is 4.90 Å². The summed E-state index contributed by atoms with van der Waals surface area (Å²) in [6.45, 7) is 2.72. The number of imidazole rings is 1. The number of piperidine rings is 1. The van der Waals surface area contributed by atoms with Crippen LogP contribution >= 0.6 is 0 Å². The zero-order chi connectivity index (χ0) is 18.2. The van der Waals surface area contributed by atoms with Gasteiger partial charge < -0.3 is 9.47 Å². The Morgan fingerprint density at radius 2 is 1.70 bits per heavy atom. The summed E-state index contributed by atoms with van der Waals surface area (Å²) in [4.78, 5) is 12.1. The molecule has 0 unspecified atom stereocenters. The van der Waals surface area contributed by atoms with Gasteiger partial charge in [-0.15, -0.1) is 0 Å². The van der Waals surface area contributed by atoms with Crippen molar-refractivity contribution in [1.82, 2.24) is 14.5 Å². The number of hydrogen-bond acceptors (Lipinski definition) is 3. The Morgan fingerprint density at radius 3 is 2.52 bits per heavy atom. The molecule has 0 saturated carbocycles. The SMILES string of the molecule is Fc1ccc(Cn2cnc3c(N4CCCCC4)nc4ccccc4c32)cc1. The molecule has 4 nitrogen and oxygen atoms in total. The minimum Gasteiger partial charge on any atom is -0.355 e. The number of halogens is 1. The first-order valence-corrected chi connectivity index (χ1v) is 9.52. The molecule has 0 bridgehead atoms. The predicted molar refractivity (Wildman–Crippen MR) is 107 cm³/mol. The molecule has 136 valence electrons. The van der Waals surface area contributed by atoms with Gasteiger partial charge in [-0.05, 0) is 43.0 Å². The molecule has 4 aromatic rings. The van der Waals surface area contributed by atoms with Crippen LogP contribution in [-0.2, 0) is 6.54 Å². The van der Waals surface area contributed by atoms with E-state index in [4.69, 9.17) is 9.97 Å². The maximum absolute atomic E-state index is 13.3. The Kier molecular flexibility index (Phi) is 4.00. The molecule has 2 aromatic heterocycles. The lowest BCUT2D eigenvalue weighted by atomic mass is 10.1. The Morgan fingerprint density at radius 1 is 0.926 bits per heavy atom. The fraction of sp³-hybridized carbons (Fsp3) is 0.273. The van der Waals surface area contributed by atoms with Gasteiger partial charge in [-0.2, -0.15) is 0 Å². The summed E-state index contributed by atoms with van der Waals surface area (Å²) in [6.07, 6.45) is 5.57. The van der Waals surface area contributed by atoms with E-state index in [9.17, 15) is 4.39 Å². The number of nitrogens with zero attached hydrogens (tertiary/aromatic N) is 4. The number of anilines is 1. The number of aromatic nitrogens is 3. The molecule has 5 heteroatoms. The van der Waals surface area contributed by atoms with Crippen molar-refractivity contribution in [2.45, 2.75) is 25.8 Å². The average molecular weight is 360 g/mol. The molecule has 0 N–H and O–H groups in total. The fourth-order valence-electron chi connectivity index (χ4n) is 4.00. The van der Waals surface area contributed by atoms with Crippen molar-refractivity contribution >= 4 is 27.8 Å². The normalized spacial score (nSPS) is 14.9. The summed E-state index contributed by atoms with van der Waals surface area (Å²) < 4.78 is 15.4. The molecule has 1 aliphatic rings. The quantitative estimate of drug-likeness (QED) is 0.528. The largest absolute Gasteiger partial charge is 0.355 e. The summed E-state index contributed by atoms with van der Waals surface area (Å²) in [7, 11) is 0. The number of rotatable bonds is 3. The van der Waals surface area contributed by atoms with Crippen molar-refractivity contribution in [1.29, 1.82) is 0 Å². The molecule has 0 radical (unpaired) electrons. The van der Waals surface area contributed by atoms with Crippen LogP contribution in [0.15, 0.2) is 54.9 Å². The van der Waals surface area contributed by atoms with Crippen LogP contribution in [0.2, 0.25) is 0 Å². The summed E-state index contributed by atoms with van der Waals surface area (Å²) in [5.74, 6) is 0.775. The lowest BCUT2D eigenvalue weighted by Gasteiger charge is -2.28. The fourth-order valence-corrected chi connectivity index (χ4v) is 4.00. The van der Waals surface area contributed by atoms with Crippen molar-refractivity contribution < 1.29 is 4.39 Å². The highest BCUT2D eigenvalue weighted by atomic mass is 19.1. The van der Waals surface area contributed by atoms with Crippen LogP contribution in [0.25, 0.3) is 21.9 Å². The standard InChI is InChI=1S/C22H21FN4/c23-17-10-8-16(9-11-17)14-27-15-24-20-21(27)18-6-2-3-7-19(18)25-22(20)26-12-4-1-5-13-26/h2-3,6-11,15H,1,4-5,12-14H2. The number of pyridine rings is 1. The Bertz CT molecular complexity index is 1090. The molecule has 5 rings (SSSR count). The van der Waals surface area contributed by atoms with E-state index in [1.807, 2.05) is 30.6 Å². The zero-order valence-electron chi connectivity index (χ0n) is 15.1.